The van der Waals surface area contributed by atoms with E-state index in [2.05, 4.69) is 26.2 Å². The maximum Gasteiger partial charge on any atom is 0.197 e. The monoisotopic (exact) mass is 502 g/mol. The Labute approximate surface area is 195 Å². The summed E-state index contributed by atoms with van der Waals surface area (Å²) in [7, 11) is -3.52. The SMILES string of the molecule is O=C(c1ccccc1)C(N=Nc1ccc(Br)cc1)P(=O)(c1ccccc1)c1ccccc1. The summed E-state index contributed by atoms with van der Waals surface area (Å²) in [6.45, 7) is 0. The van der Waals surface area contributed by atoms with Crippen LogP contribution in [0.15, 0.2) is 130 Å². The summed E-state index contributed by atoms with van der Waals surface area (Å²) in [6, 6.07) is 34.2. The quantitative estimate of drug-likeness (QED) is 0.159. The van der Waals surface area contributed by atoms with Crippen LogP contribution in [0.1, 0.15) is 10.4 Å². The number of ketones is 1. The van der Waals surface area contributed by atoms with Crippen molar-refractivity contribution >= 4 is 45.2 Å². The maximum absolute atomic E-state index is 14.8. The molecule has 0 saturated heterocycles. The predicted molar refractivity (Wildman–Crippen MR) is 133 cm³/mol. The summed E-state index contributed by atoms with van der Waals surface area (Å²) in [5.74, 6) is -1.53. The molecule has 158 valence electrons. The Bertz CT molecular complexity index is 1220. The Hall–Kier alpha value is -3.14. The third kappa shape index (κ3) is 4.69. The largest absolute Gasteiger partial charge is 0.311 e. The lowest BCUT2D eigenvalue weighted by Crippen LogP contribution is -2.30. The van der Waals surface area contributed by atoms with Gasteiger partial charge in [0.1, 0.15) is 0 Å². The van der Waals surface area contributed by atoms with Gasteiger partial charge in [0.25, 0.3) is 0 Å². The zero-order chi connectivity index (χ0) is 22.4. The van der Waals surface area contributed by atoms with Gasteiger partial charge in [-0.2, -0.15) is 10.2 Å². The first-order valence-electron chi connectivity index (χ1n) is 10.1. The molecule has 0 aliphatic rings. The van der Waals surface area contributed by atoms with Crippen LogP contribution in [0.25, 0.3) is 0 Å². The van der Waals surface area contributed by atoms with Crippen molar-refractivity contribution in [2.24, 2.45) is 10.2 Å². The van der Waals surface area contributed by atoms with Gasteiger partial charge in [0.15, 0.2) is 18.7 Å². The van der Waals surface area contributed by atoms with E-state index in [-0.39, 0.29) is 5.78 Å². The number of halogens is 1. The van der Waals surface area contributed by atoms with Crippen LogP contribution in [0.5, 0.6) is 0 Å². The van der Waals surface area contributed by atoms with E-state index in [0.717, 1.165) is 4.47 Å². The normalized spacial score (nSPS) is 12.5. The van der Waals surface area contributed by atoms with Gasteiger partial charge in [-0.1, -0.05) is 107 Å². The molecule has 0 fully saturated rings. The second-order valence-corrected chi connectivity index (χ2v) is 10.9. The van der Waals surface area contributed by atoms with Crippen LogP contribution in [-0.4, -0.2) is 11.6 Å². The number of azo groups is 1. The molecule has 0 aromatic heterocycles. The Kier molecular flexibility index (Phi) is 6.89. The molecule has 0 aliphatic heterocycles. The van der Waals surface area contributed by atoms with Gasteiger partial charge >= 0.3 is 0 Å². The predicted octanol–water partition coefficient (Wildman–Crippen LogP) is 6.76. The summed E-state index contributed by atoms with van der Waals surface area (Å²) in [4.78, 5) is 13.7. The molecule has 4 aromatic rings. The number of carbonyl (C=O) groups is 1. The van der Waals surface area contributed by atoms with Crippen molar-refractivity contribution in [1.29, 1.82) is 0 Å². The molecule has 32 heavy (non-hydrogen) atoms. The molecule has 4 aromatic carbocycles. The molecular formula is C26H20BrN2O2P. The summed E-state index contributed by atoms with van der Waals surface area (Å²) in [5, 5.41) is 9.87. The Morgan fingerprint density at radius 1 is 0.688 bits per heavy atom. The second-order valence-electron chi connectivity index (χ2n) is 7.12. The number of carbonyl (C=O) groups excluding carboxylic acids is 1. The minimum atomic E-state index is -3.52. The van der Waals surface area contributed by atoms with Crippen molar-refractivity contribution in [3.8, 4) is 0 Å². The highest BCUT2D eigenvalue weighted by atomic mass is 79.9. The summed E-state index contributed by atoms with van der Waals surface area (Å²) in [5.41, 5.74) is 1.02. The fourth-order valence-corrected chi connectivity index (χ4v) is 6.44. The molecule has 1 unspecified atom stereocenters. The van der Waals surface area contributed by atoms with Crippen LogP contribution in [0.3, 0.4) is 0 Å². The first kappa shape index (κ1) is 22.1. The van der Waals surface area contributed by atoms with Crippen LogP contribution in [-0.2, 0) is 4.57 Å². The summed E-state index contributed by atoms with van der Waals surface area (Å²) in [6.07, 6.45) is 0. The molecule has 4 rings (SSSR count). The van der Waals surface area contributed by atoms with E-state index in [1.54, 1.807) is 60.7 Å². The van der Waals surface area contributed by atoms with E-state index in [1.165, 1.54) is 0 Å². The molecule has 0 spiro atoms. The molecule has 0 radical (unpaired) electrons. The van der Waals surface area contributed by atoms with E-state index in [1.807, 2.05) is 54.6 Å². The number of benzene rings is 4. The van der Waals surface area contributed by atoms with Gasteiger partial charge in [-0.05, 0) is 24.3 Å². The van der Waals surface area contributed by atoms with Gasteiger partial charge in [0, 0.05) is 20.6 Å². The smallest absolute Gasteiger partial charge is 0.197 e. The average Bonchev–Trinajstić information content (AvgIpc) is 2.86. The Morgan fingerprint density at radius 2 is 1.16 bits per heavy atom. The number of nitrogens with zero attached hydrogens (tertiary/aromatic N) is 2. The zero-order valence-corrected chi connectivity index (χ0v) is 19.6. The summed E-state index contributed by atoms with van der Waals surface area (Å²) < 4.78 is 15.7. The van der Waals surface area contributed by atoms with E-state index in [9.17, 15) is 9.36 Å². The van der Waals surface area contributed by atoms with Crippen LogP contribution < -0.4 is 10.6 Å². The lowest BCUT2D eigenvalue weighted by atomic mass is 10.1. The highest BCUT2D eigenvalue weighted by molar-refractivity contribution is 9.10. The van der Waals surface area contributed by atoms with Gasteiger partial charge in [0.05, 0.1) is 5.69 Å². The highest BCUT2D eigenvalue weighted by Crippen LogP contribution is 2.50. The van der Waals surface area contributed by atoms with E-state index >= 15 is 0 Å². The van der Waals surface area contributed by atoms with Crippen molar-refractivity contribution in [2.45, 2.75) is 5.78 Å². The lowest BCUT2D eigenvalue weighted by molar-refractivity contribution is 0.0987. The standard InChI is InChI=1S/C26H20BrN2O2P/c27-21-16-18-22(19-17-21)28-29-26(25(30)20-10-4-1-5-11-20)32(31,23-12-6-2-7-13-23)24-14-8-3-9-15-24/h1-19,26H. The maximum atomic E-state index is 14.8. The van der Waals surface area contributed by atoms with Crippen molar-refractivity contribution in [2.75, 3.05) is 0 Å². The van der Waals surface area contributed by atoms with Gasteiger partial charge in [-0.3, -0.25) is 4.79 Å². The van der Waals surface area contributed by atoms with Crippen LogP contribution in [0.4, 0.5) is 5.69 Å². The van der Waals surface area contributed by atoms with Gasteiger partial charge in [0.2, 0.25) is 0 Å². The number of rotatable bonds is 7. The Morgan fingerprint density at radius 3 is 1.66 bits per heavy atom. The minimum absolute atomic E-state index is 0.331. The molecule has 0 amide bonds. The molecular weight excluding hydrogens is 483 g/mol. The number of hydrogen-bond donors (Lipinski definition) is 0. The first-order valence-corrected chi connectivity index (χ1v) is 12.6. The minimum Gasteiger partial charge on any atom is -0.311 e. The first-order chi connectivity index (χ1) is 15.6. The van der Waals surface area contributed by atoms with Gasteiger partial charge in [-0.15, -0.1) is 0 Å². The topological polar surface area (TPSA) is 58.9 Å². The second kappa shape index (κ2) is 9.99. The van der Waals surface area contributed by atoms with E-state index in [0.29, 0.717) is 21.9 Å². The zero-order valence-electron chi connectivity index (χ0n) is 17.1. The third-order valence-corrected chi connectivity index (χ3v) is 8.71. The summed E-state index contributed by atoms with van der Waals surface area (Å²) >= 11 is 3.40. The molecule has 0 aliphatic carbocycles. The molecule has 1 atom stereocenters. The van der Waals surface area contributed by atoms with Crippen molar-refractivity contribution in [3.63, 3.8) is 0 Å². The average molecular weight is 503 g/mol. The molecule has 6 heteroatoms. The van der Waals surface area contributed by atoms with Crippen LogP contribution in [0.2, 0.25) is 0 Å². The van der Waals surface area contributed by atoms with E-state index in [4.69, 9.17) is 0 Å². The highest BCUT2D eigenvalue weighted by Gasteiger charge is 2.42. The third-order valence-electron chi connectivity index (χ3n) is 5.03. The van der Waals surface area contributed by atoms with Crippen LogP contribution >= 0.6 is 23.1 Å². The molecule has 0 heterocycles. The molecule has 0 bridgehead atoms. The fourth-order valence-electron chi connectivity index (χ4n) is 3.40. The van der Waals surface area contributed by atoms with Crippen molar-refractivity contribution in [1.82, 2.24) is 0 Å². The molecule has 4 nitrogen and oxygen atoms in total. The molecule has 0 N–H and O–H groups in total. The van der Waals surface area contributed by atoms with Gasteiger partial charge in [-0.25, -0.2) is 0 Å². The molecule has 0 saturated carbocycles. The van der Waals surface area contributed by atoms with E-state index < -0.39 is 12.9 Å². The van der Waals surface area contributed by atoms with Crippen molar-refractivity contribution in [3.05, 3.63) is 125 Å². The van der Waals surface area contributed by atoms with Crippen molar-refractivity contribution < 1.29 is 9.36 Å². The fraction of sp³-hybridized carbons (Fsp3) is 0.0385. The van der Waals surface area contributed by atoms with Crippen LogP contribution in [0, 0.1) is 0 Å². The van der Waals surface area contributed by atoms with Gasteiger partial charge < -0.3 is 4.57 Å². The number of Topliss-reactive ketones (excluding diaryl/α,β-unsaturated/α-hetero) is 1. The number of hydrogen-bond acceptors (Lipinski definition) is 4. The Balaban J connectivity index is 1.90. The lowest BCUT2D eigenvalue weighted by Gasteiger charge is -2.24.